The van der Waals surface area contributed by atoms with Gasteiger partial charge in [-0.1, -0.05) is 12.1 Å². The molecule has 0 unspecified atom stereocenters. The fraction of sp³-hybridized carbons (Fsp3) is 0.571. The molecule has 0 radical (unpaired) electrons. The number of hydrogen-bond donors (Lipinski definition) is 1. The van der Waals surface area contributed by atoms with Gasteiger partial charge in [0.15, 0.2) is 11.5 Å². The zero-order chi connectivity index (χ0) is 13.7. The summed E-state index contributed by atoms with van der Waals surface area (Å²) in [7, 11) is 0. The number of hydrogen-bond acceptors (Lipinski definition) is 3. The number of likely N-dealkylation sites (tertiary alicyclic amines) is 1. The van der Waals surface area contributed by atoms with Gasteiger partial charge in [-0.2, -0.15) is 0 Å². The Balaban J connectivity index is 0.00000200. The average molecular weight is 308 g/mol. The lowest BCUT2D eigenvalue weighted by atomic mass is 9.98. The Kier molecular flexibility index (Phi) is 7.02. The van der Waals surface area contributed by atoms with Crippen LogP contribution in [0.2, 0.25) is 0 Å². The largest absolute Gasteiger partial charge is 0.504 e. The smallest absolute Gasteiger partial charge is 0.251 e. The van der Waals surface area contributed by atoms with E-state index in [1.54, 1.807) is 29.2 Å². The molecule has 1 aromatic rings. The first-order chi connectivity index (χ1) is 9.15. The standard InChI is InChI=1S/C14H19F2NO2.ClH/c15-14(16)9-17-7-5-11(6-8-17)10-19-13-4-2-1-3-12(13)18;/h1-4,11,14,18H,5-10H2;1H. The first kappa shape index (κ1) is 17.0. The number of ether oxygens (including phenoxy) is 1. The lowest BCUT2D eigenvalue weighted by Crippen LogP contribution is -2.38. The predicted octanol–water partition coefficient (Wildman–Crippen LogP) is 3.17. The van der Waals surface area contributed by atoms with Gasteiger partial charge in [0.25, 0.3) is 6.43 Å². The summed E-state index contributed by atoms with van der Waals surface area (Å²) in [6, 6.07) is 6.85. The maximum atomic E-state index is 12.2. The molecule has 1 fully saturated rings. The fourth-order valence-corrected chi connectivity index (χ4v) is 2.32. The monoisotopic (exact) mass is 307 g/mol. The van der Waals surface area contributed by atoms with Gasteiger partial charge in [-0.15, -0.1) is 12.4 Å². The van der Waals surface area contributed by atoms with E-state index < -0.39 is 6.43 Å². The number of aromatic hydroxyl groups is 1. The van der Waals surface area contributed by atoms with E-state index in [1.165, 1.54) is 0 Å². The lowest BCUT2D eigenvalue weighted by Gasteiger charge is -2.31. The van der Waals surface area contributed by atoms with Gasteiger partial charge in [-0.3, -0.25) is 4.90 Å². The minimum atomic E-state index is -2.26. The number of halogens is 3. The van der Waals surface area contributed by atoms with Crippen molar-refractivity contribution in [2.45, 2.75) is 19.3 Å². The average Bonchev–Trinajstić information content (AvgIpc) is 2.39. The third-order valence-corrected chi connectivity index (χ3v) is 3.44. The van der Waals surface area contributed by atoms with Crippen LogP contribution in [-0.2, 0) is 0 Å². The molecule has 1 N–H and O–H groups in total. The number of phenols is 1. The Bertz CT molecular complexity index is 399. The molecule has 0 spiro atoms. The van der Waals surface area contributed by atoms with Crippen LogP contribution in [0.25, 0.3) is 0 Å². The molecular formula is C14H20ClF2NO2. The maximum absolute atomic E-state index is 12.2. The quantitative estimate of drug-likeness (QED) is 0.907. The molecule has 0 aromatic heterocycles. The zero-order valence-electron chi connectivity index (χ0n) is 11.2. The van der Waals surface area contributed by atoms with Gasteiger partial charge >= 0.3 is 0 Å². The van der Waals surface area contributed by atoms with Crippen LogP contribution in [0.5, 0.6) is 11.5 Å². The second kappa shape index (κ2) is 8.27. The normalized spacial score (nSPS) is 16.9. The molecule has 3 nitrogen and oxygen atoms in total. The number of rotatable bonds is 5. The molecule has 1 heterocycles. The summed E-state index contributed by atoms with van der Waals surface area (Å²) in [5.74, 6) is 0.990. The highest BCUT2D eigenvalue weighted by atomic mass is 35.5. The summed E-state index contributed by atoms with van der Waals surface area (Å²) in [6.07, 6.45) is -0.533. The summed E-state index contributed by atoms with van der Waals surface area (Å²) >= 11 is 0. The Labute approximate surface area is 123 Å². The van der Waals surface area contributed by atoms with E-state index in [0.717, 1.165) is 12.8 Å². The minimum Gasteiger partial charge on any atom is -0.504 e. The Morgan fingerprint density at radius 1 is 1.25 bits per heavy atom. The lowest BCUT2D eigenvalue weighted by molar-refractivity contribution is 0.0617. The van der Waals surface area contributed by atoms with Crippen LogP contribution in [0.1, 0.15) is 12.8 Å². The van der Waals surface area contributed by atoms with Crippen molar-refractivity contribution in [3.05, 3.63) is 24.3 Å². The summed E-state index contributed by atoms with van der Waals surface area (Å²) in [5.41, 5.74) is 0. The topological polar surface area (TPSA) is 32.7 Å². The van der Waals surface area contributed by atoms with Crippen LogP contribution >= 0.6 is 12.4 Å². The van der Waals surface area contributed by atoms with E-state index in [1.807, 2.05) is 0 Å². The molecule has 0 amide bonds. The van der Waals surface area contributed by atoms with Gasteiger partial charge in [0, 0.05) is 0 Å². The Morgan fingerprint density at radius 2 is 1.90 bits per heavy atom. The third-order valence-electron chi connectivity index (χ3n) is 3.44. The number of piperidine rings is 1. The van der Waals surface area contributed by atoms with Crippen molar-refractivity contribution in [2.75, 3.05) is 26.2 Å². The number of phenolic OH excluding ortho intramolecular Hbond substituents is 1. The van der Waals surface area contributed by atoms with Crippen LogP contribution in [0.3, 0.4) is 0 Å². The third kappa shape index (κ3) is 5.13. The number of nitrogens with zero attached hydrogens (tertiary/aromatic N) is 1. The fourth-order valence-electron chi connectivity index (χ4n) is 2.32. The van der Waals surface area contributed by atoms with Gasteiger partial charge < -0.3 is 9.84 Å². The summed E-state index contributed by atoms with van der Waals surface area (Å²) in [4.78, 5) is 1.79. The number of para-hydroxylation sites is 2. The first-order valence-electron chi connectivity index (χ1n) is 6.56. The van der Waals surface area contributed by atoms with Gasteiger partial charge in [0.2, 0.25) is 0 Å². The van der Waals surface area contributed by atoms with Gasteiger partial charge in [-0.05, 0) is 44.0 Å². The van der Waals surface area contributed by atoms with Gasteiger partial charge in [0.05, 0.1) is 13.2 Å². The van der Waals surface area contributed by atoms with E-state index in [2.05, 4.69) is 0 Å². The van der Waals surface area contributed by atoms with Crippen molar-refractivity contribution in [1.82, 2.24) is 4.90 Å². The van der Waals surface area contributed by atoms with Crippen molar-refractivity contribution in [2.24, 2.45) is 5.92 Å². The molecule has 1 aliphatic rings. The first-order valence-corrected chi connectivity index (χ1v) is 6.56. The molecule has 2 rings (SSSR count). The molecule has 0 aliphatic carbocycles. The molecule has 114 valence electrons. The molecule has 0 saturated carbocycles. The van der Waals surface area contributed by atoms with Crippen molar-refractivity contribution in [1.29, 1.82) is 0 Å². The highest BCUT2D eigenvalue weighted by Gasteiger charge is 2.21. The van der Waals surface area contributed by atoms with E-state index in [-0.39, 0.29) is 24.7 Å². The van der Waals surface area contributed by atoms with Crippen LogP contribution in [-0.4, -0.2) is 42.7 Å². The van der Waals surface area contributed by atoms with E-state index in [0.29, 0.717) is 31.4 Å². The number of alkyl halides is 2. The van der Waals surface area contributed by atoms with E-state index in [9.17, 15) is 13.9 Å². The van der Waals surface area contributed by atoms with Crippen molar-refractivity contribution < 1.29 is 18.6 Å². The molecule has 6 heteroatoms. The van der Waals surface area contributed by atoms with Gasteiger partial charge in [0.1, 0.15) is 0 Å². The second-order valence-corrected chi connectivity index (χ2v) is 4.91. The van der Waals surface area contributed by atoms with Crippen LogP contribution < -0.4 is 4.74 Å². The second-order valence-electron chi connectivity index (χ2n) is 4.91. The molecule has 1 saturated heterocycles. The molecule has 0 atom stereocenters. The molecular weight excluding hydrogens is 288 g/mol. The van der Waals surface area contributed by atoms with E-state index in [4.69, 9.17) is 4.74 Å². The zero-order valence-corrected chi connectivity index (χ0v) is 12.0. The Morgan fingerprint density at radius 3 is 2.50 bits per heavy atom. The van der Waals surface area contributed by atoms with Crippen molar-refractivity contribution in [3.63, 3.8) is 0 Å². The van der Waals surface area contributed by atoms with Crippen LogP contribution in [0.4, 0.5) is 8.78 Å². The van der Waals surface area contributed by atoms with E-state index >= 15 is 0 Å². The molecule has 20 heavy (non-hydrogen) atoms. The van der Waals surface area contributed by atoms with Crippen molar-refractivity contribution >= 4 is 12.4 Å². The van der Waals surface area contributed by atoms with Crippen molar-refractivity contribution in [3.8, 4) is 11.5 Å². The SMILES string of the molecule is Cl.Oc1ccccc1OCC1CCN(CC(F)F)CC1. The highest BCUT2D eigenvalue weighted by Crippen LogP contribution is 2.26. The maximum Gasteiger partial charge on any atom is 0.251 e. The van der Waals surface area contributed by atoms with Gasteiger partial charge in [-0.25, -0.2) is 8.78 Å². The van der Waals surface area contributed by atoms with Crippen LogP contribution in [0.15, 0.2) is 24.3 Å². The number of benzene rings is 1. The predicted molar refractivity (Wildman–Crippen MR) is 76.0 cm³/mol. The summed E-state index contributed by atoms with van der Waals surface area (Å²) < 4.78 is 30.0. The summed E-state index contributed by atoms with van der Waals surface area (Å²) in [6.45, 7) is 1.78. The molecule has 1 aliphatic heterocycles. The Hall–Kier alpha value is -1.07. The minimum absolute atomic E-state index is 0. The highest BCUT2D eigenvalue weighted by molar-refractivity contribution is 5.85. The summed E-state index contributed by atoms with van der Waals surface area (Å²) in [5, 5.41) is 9.56. The molecule has 0 bridgehead atoms. The molecule has 1 aromatic carbocycles. The van der Waals surface area contributed by atoms with Crippen LogP contribution in [0, 0.1) is 5.92 Å².